The van der Waals surface area contributed by atoms with E-state index in [9.17, 15) is 13.2 Å². The van der Waals surface area contributed by atoms with Gasteiger partial charge in [-0.15, -0.1) is 13.2 Å². The van der Waals surface area contributed by atoms with Crippen molar-refractivity contribution in [3.8, 4) is 5.75 Å². The van der Waals surface area contributed by atoms with Gasteiger partial charge in [0.25, 0.3) is 0 Å². The minimum absolute atomic E-state index is 0.166. The van der Waals surface area contributed by atoms with Crippen molar-refractivity contribution in [1.29, 1.82) is 0 Å². The topological polar surface area (TPSA) is 24.5 Å². The Labute approximate surface area is 129 Å². The molecule has 0 atom stereocenters. The summed E-state index contributed by atoms with van der Waals surface area (Å²) in [6.07, 6.45) is -2.29. The molecule has 0 unspecified atom stereocenters. The third-order valence-electron chi connectivity index (χ3n) is 3.95. The maximum atomic E-state index is 12.1. The molecule has 1 aliphatic rings. The van der Waals surface area contributed by atoms with Crippen LogP contribution >= 0.6 is 0 Å². The standard InChI is InChI=1S/C16H23F3N2O/c1-2-20-11-13-7-9-21(10-8-13)12-14-3-5-15(6-4-14)22-16(17,18)19/h3-6,13,20H,2,7-12H2,1H3. The summed E-state index contributed by atoms with van der Waals surface area (Å²) in [6, 6.07) is 6.15. The van der Waals surface area contributed by atoms with E-state index in [1.807, 2.05) is 0 Å². The van der Waals surface area contributed by atoms with Crippen LogP contribution in [-0.2, 0) is 6.54 Å². The Morgan fingerprint density at radius 1 is 1.18 bits per heavy atom. The molecule has 124 valence electrons. The highest BCUT2D eigenvalue weighted by atomic mass is 19.4. The van der Waals surface area contributed by atoms with Gasteiger partial charge in [0.2, 0.25) is 0 Å². The summed E-state index contributed by atoms with van der Waals surface area (Å²) in [5.41, 5.74) is 1.01. The molecular weight excluding hydrogens is 293 g/mol. The number of rotatable bonds is 6. The van der Waals surface area contributed by atoms with E-state index in [4.69, 9.17) is 0 Å². The molecule has 6 heteroatoms. The van der Waals surface area contributed by atoms with Gasteiger partial charge in [-0.2, -0.15) is 0 Å². The van der Waals surface area contributed by atoms with Crippen LogP contribution in [0.5, 0.6) is 5.75 Å². The number of hydrogen-bond donors (Lipinski definition) is 1. The van der Waals surface area contributed by atoms with E-state index < -0.39 is 6.36 Å². The van der Waals surface area contributed by atoms with Crippen LogP contribution in [0.3, 0.4) is 0 Å². The van der Waals surface area contributed by atoms with E-state index in [0.717, 1.165) is 44.2 Å². The van der Waals surface area contributed by atoms with Gasteiger partial charge >= 0.3 is 6.36 Å². The van der Waals surface area contributed by atoms with E-state index in [2.05, 4.69) is 21.9 Å². The molecule has 22 heavy (non-hydrogen) atoms. The Kier molecular flexibility index (Phi) is 6.08. The Morgan fingerprint density at radius 2 is 1.82 bits per heavy atom. The molecule has 1 N–H and O–H groups in total. The van der Waals surface area contributed by atoms with Gasteiger partial charge in [0.15, 0.2) is 0 Å². The number of halogens is 3. The highest BCUT2D eigenvalue weighted by Crippen LogP contribution is 2.24. The number of hydrogen-bond acceptors (Lipinski definition) is 3. The van der Waals surface area contributed by atoms with Gasteiger partial charge in [-0.1, -0.05) is 19.1 Å². The molecular formula is C16H23F3N2O. The normalized spacial score (nSPS) is 17.6. The summed E-state index contributed by atoms with van der Waals surface area (Å²) in [4.78, 5) is 2.35. The highest BCUT2D eigenvalue weighted by Gasteiger charge is 2.31. The highest BCUT2D eigenvalue weighted by molar-refractivity contribution is 5.27. The van der Waals surface area contributed by atoms with Crippen LogP contribution in [0.4, 0.5) is 13.2 Å². The largest absolute Gasteiger partial charge is 0.573 e. The number of likely N-dealkylation sites (tertiary alicyclic amines) is 1. The van der Waals surface area contributed by atoms with E-state index in [0.29, 0.717) is 0 Å². The first kappa shape index (κ1) is 17.1. The van der Waals surface area contributed by atoms with Gasteiger partial charge in [0, 0.05) is 6.54 Å². The number of nitrogens with zero attached hydrogens (tertiary/aromatic N) is 1. The average Bonchev–Trinajstić information content (AvgIpc) is 2.47. The lowest BCUT2D eigenvalue weighted by atomic mass is 9.96. The monoisotopic (exact) mass is 316 g/mol. The van der Waals surface area contributed by atoms with E-state index in [1.165, 1.54) is 25.0 Å². The van der Waals surface area contributed by atoms with Gasteiger partial charge in [0.05, 0.1) is 0 Å². The first-order chi connectivity index (χ1) is 10.5. The molecule has 1 aromatic carbocycles. The van der Waals surface area contributed by atoms with E-state index in [1.54, 1.807) is 12.1 Å². The molecule has 1 heterocycles. The summed E-state index contributed by atoms with van der Waals surface area (Å²) in [7, 11) is 0. The lowest BCUT2D eigenvalue weighted by molar-refractivity contribution is -0.274. The second-order valence-electron chi connectivity index (χ2n) is 5.72. The lowest BCUT2D eigenvalue weighted by Crippen LogP contribution is -2.36. The van der Waals surface area contributed by atoms with Crippen molar-refractivity contribution >= 4 is 0 Å². The second kappa shape index (κ2) is 7.83. The fourth-order valence-electron chi connectivity index (χ4n) is 2.75. The lowest BCUT2D eigenvalue weighted by Gasteiger charge is -2.32. The zero-order chi connectivity index (χ0) is 16.0. The van der Waals surface area contributed by atoms with Crippen LogP contribution in [0, 0.1) is 5.92 Å². The predicted molar refractivity (Wildman–Crippen MR) is 79.7 cm³/mol. The van der Waals surface area contributed by atoms with Gasteiger partial charge in [-0.25, -0.2) is 0 Å². The van der Waals surface area contributed by atoms with Crippen molar-refractivity contribution in [3.63, 3.8) is 0 Å². The summed E-state index contributed by atoms with van der Waals surface area (Å²) in [5.74, 6) is 0.569. The first-order valence-electron chi connectivity index (χ1n) is 7.74. The van der Waals surface area contributed by atoms with E-state index >= 15 is 0 Å². The molecule has 2 rings (SSSR count). The molecule has 1 aliphatic heterocycles. The number of ether oxygens (including phenoxy) is 1. The number of benzene rings is 1. The molecule has 3 nitrogen and oxygen atoms in total. The molecule has 0 aromatic heterocycles. The molecule has 0 amide bonds. The summed E-state index contributed by atoms with van der Waals surface area (Å²) < 4.78 is 40.2. The molecule has 0 aliphatic carbocycles. The Bertz CT molecular complexity index is 440. The van der Waals surface area contributed by atoms with Crippen molar-refractivity contribution < 1.29 is 17.9 Å². The Morgan fingerprint density at radius 3 is 2.36 bits per heavy atom. The smallest absolute Gasteiger partial charge is 0.406 e. The van der Waals surface area contributed by atoms with Crippen LogP contribution in [0.1, 0.15) is 25.3 Å². The van der Waals surface area contributed by atoms with Crippen LogP contribution in [0.25, 0.3) is 0 Å². The average molecular weight is 316 g/mol. The number of piperidine rings is 1. The van der Waals surface area contributed by atoms with Crippen LogP contribution < -0.4 is 10.1 Å². The van der Waals surface area contributed by atoms with Crippen molar-refractivity contribution in [2.75, 3.05) is 26.2 Å². The van der Waals surface area contributed by atoms with Crippen LogP contribution in [0.2, 0.25) is 0 Å². The number of nitrogens with one attached hydrogen (secondary N) is 1. The molecule has 0 spiro atoms. The quantitative estimate of drug-likeness (QED) is 0.870. The maximum absolute atomic E-state index is 12.1. The van der Waals surface area contributed by atoms with Crippen LogP contribution in [0.15, 0.2) is 24.3 Å². The third kappa shape index (κ3) is 5.85. The van der Waals surface area contributed by atoms with Gasteiger partial charge in [-0.05, 0) is 62.6 Å². The molecule has 0 radical (unpaired) electrons. The predicted octanol–water partition coefficient (Wildman–Crippen LogP) is 3.41. The third-order valence-corrected chi connectivity index (χ3v) is 3.95. The van der Waals surface area contributed by atoms with Crippen molar-refractivity contribution in [1.82, 2.24) is 10.2 Å². The molecule has 1 aromatic rings. The molecule has 1 fully saturated rings. The fraction of sp³-hybridized carbons (Fsp3) is 0.625. The van der Waals surface area contributed by atoms with Crippen LogP contribution in [-0.4, -0.2) is 37.4 Å². The Balaban J connectivity index is 1.77. The molecule has 1 saturated heterocycles. The summed E-state index contributed by atoms with van der Waals surface area (Å²) in [6.45, 7) is 7.05. The minimum atomic E-state index is -4.63. The van der Waals surface area contributed by atoms with Crippen molar-refractivity contribution in [3.05, 3.63) is 29.8 Å². The number of alkyl halides is 3. The zero-order valence-corrected chi connectivity index (χ0v) is 12.8. The van der Waals surface area contributed by atoms with Gasteiger partial charge in [-0.3, -0.25) is 4.90 Å². The van der Waals surface area contributed by atoms with E-state index in [-0.39, 0.29) is 5.75 Å². The van der Waals surface area contributed by atoms with Crippen molar-refractivity contribution in [2.45, 2.75) is 32.7 Å². The zero-order valence-electron chi connectivity index (χ0n) is 12.8. The van der Waals surface area contributed by atoms with Crippen molar-refractivity contribution in [2.24, 2.45) is 5.92 Å². The summed E-state index contributed by atoms with van der Waals surface area (Å²) in [5, 5.41) is 3.38. The summed E-state index contributed by atoms with van der Waals surface area (Å²) >= 11 is 0. The second-order valence-corrected chi connectivity index (χ2v) is 5.72. The Hall–Kier alpha value is -1.27. The minimum Gasteiger partial charge on any atom is -0.406 e. The first-order valence-corrected chi connectivity index (χ1v) is 7.74. The SMILES string of the molecule is CCNCC1CCN(Cc2ccc(OC(F)(F)F)cc2)CC1. The van der Waals surface area contributed by atoms with Gasteiger partial charge in [0.1, 0.15) is 5.75 Å². The molecule has 0 saturated carbocycles. The van der Waals surface area contributed by atoms with Gasteiger partial charge < -0.3 is 10.1 Å². The fourth-order valence-corrected chi connectivity index (χ4v) is 2.75. The molecule has 0 bridgehead atoms. The maximum Gasteiger partial charge on any atom is 0.573 e.